The van der Waals surface area contributed by atoms with Crippen molar-refractivity contribution in [3.8, 4) is 23.3 Å². The lowest BCUT2D eigenvalue weighted by molar-refractivity contribution is 0.339. The Labute approximate surface area is 98.6 Å². The first kappa shape index (κ1) is 11.1. The van der Waals surface area contributed by atoms with E-state index in [1.54, 1.807) is 25.1 Å². The third-order valence-electron chi connectivity index (χ3n) is 2.17. The van der Waals surface area contributed by atoms with Gasteiger partial charge in [0, 0.05) is 5.56 Å². The van der Waals surface area contributed by atoms with E-state index in [1.165, 1.54) is 0 Å². The maximum Gasteiger partial charge on any atom is 0.257 e. The molecule has 0 fully saturated rings. The second kappa shape index (κ2) is 4.66. The topological polar surface area (TPSA) is 71.9 Å². The van der Waals surface area contributed by atoms with Crippen LogP contribution >= 0.6 is 0 Å². The standard InChI is InChI=1S/C12H11N3O2/c1-3-16-11-5-4-9(6-10(11)7-13)12-14-8(2)15-17-12/h4-6H,3H2,1-2H3. The second-order valence-corrected chi connectivity index (χ2v) is 3.40. The average molecular weight is 229 g/mol. The Bertz CT molecular complexity index is 569. The molecular formula is C12H11N3O2. The molecule has 0 saturated carbocycles. The zero-order chi connectivity index (χ0) is 12.3. The Morgan fingerprint density at radius 3 is 2.88 bits per heavy atom. The molecule has 5 nitrogen and oxygen atoms in total. The lowest BCUT2D eigenvalue weighted by atomic mass is 10.1. The molecule has 0 spiro atoms. The van der Waals surface area contributed by atoms with E-state index in [0.717, 1.165) is 0 Å². The Hall–Kier alpha value is -2.35. The van der Waals surface area contributed by atoms with Crippen LogP contribution in [-0.2, 0) is 0 Å². The van der Waals surface area contributed by atoms with Crippen molar-refractivity contribution in [3.63, 3.8) is 0 Å². The molecule has 2 rings (SSSR count). The van der Waals surface area contributed by atoms with Gasteiger partial charge in [-0.05, 0) is 32.0 Å². The number of nitriles is 1. The van der Waals surface area contributed by atoms with Crippen LogP contribution in [0.2, 0.25) is 0 Å². The quantitative estimate of drug-likeness (QED) is 0.807. The summed E-state index contributed by atoms with van der Waals surface area (Å²) in [4.78, 5) is 4.10. The molecule has 0 aliphatic carbocycles. The van der Waals surface area contributed by atoms with Crippen LogP contribution in [0.1, 0.15) is 18.3 Å². The third-order valence-corrected chi connectivity index (χ3v) is 2.17. The number of ether oxygens (including phenoxy) is 1. The van der Waals surface area contributed by atoms with Gasteiger partial charge in [0.05, 0.1) is 12.2 Å². The first-order valence-corrected chi connectivity index (χ1v) is 5.22. The summed E-state index contributed by atoms with van der Waals surface area (Å²) in [6.07, 6.45) is 0. The van der Waals surface area contributed by atoms with Crippen molar-refractivity contribution in [1.82, 2.24) is 10.1 Å². The zero-order valence-electron chi connectivity index (χ0n) is 9.60. The molecule has 0 N–H and O–H groups in total. The third kappa shape index (κ3) is 2.26. The molecule has 0 radical (unpaired) electrons. The molecule has 0 amide bonds. The molecule has 17 heavy (non-hydrogen) atoms. The van der Waals surface area contributed by atoms with E-state index in [0.29, 0.717) is 35.2 Å². The molecule has 1 aromatic heterocycles. The molecule has 5 heteroatoms. The molecule has 0 atom stereocenters. The molecule has 1 aromatic carbocycles. The molecule has 2 aromatic rings. The SMILES string of the molecule is CCOc1ccc(-c2nc(C)no2)cc1C#N. The summed E-state index contributed by atoms with van der Waals surface area (Å²) in [5.74, 6) is 1.53. The molecule has 0 unspecified atom stereocenters. The molecule has 86 valence electrons. The highest BCUT2D eigenvalue weighted by atomic mass is 16.5. The predicted molar refractivity (Wildman–Crippen MR) is 60.4 cm³/mol. The van der Waals surface area contributed by atoms with Crippen molar-refractivity contribution >= 4 is 0 Å². The van der Waals surface area contributed by atoms with Crippen molar-refractivity contribution < 1.29 is 9.26 Å². The molecule has 0 aliphatic rings. The van der Waals surface area contributed by atoms with Crippen molar-refractivity contribution in [3.05, 3.63) is 29.6 Å². The number of hydrogen-bond donors (Lipinski definition) is 0. The van der Waals surface area contributed by atoms with Crippen LogP contribution in [0, 0.1) is 18.3 Å². The van der Waals surface area contributed by atoms with Crippen LogP contribution < -0.4 is 4.74 Å². The highest BCUT2D eigenvalue weighted by molar-refractivity contribution is 5.60. The van der Waals surface area contributed by atoms with E-state index < -0.39 is 0 Å². The van der Waals surface area contributed by atoms with Gasteiger partial charge in [0.15, 0.2) is 5.82 Å². The number of aryl methyl sites for hydroxylation is 1. The fraction of sp³-hybridized carbons (Fsp3) is 0.250. The summed E-state index contributed by atoms with van der Waals surface area (Å²) in [7, 11) is 0. The molecule has 0 bridgehead atoms. The largest absolute Gasteiger partial charge is 0.492 e. The zero-order valence-corrected chi connectivity index (χ0v) is 9.60. The van der Waals surface area contributed by atoms with Gasteiger partial charge in [-0.3, -0.25) is 0 Å². The van der Waals surface area contributed by atoms with Gasteiger partial charge in [0.1, 0.15) is 11.8 Å². The summed E-state index contributed by atoms with van der Waals surface area (Å²) in [5, 5.41) is 12.7. The van der Waals surface area contributed by atoms with E-state index in [-0.39, 0.29) is 0 Å². The number of nitrogens with zero attached hydrogens (tertiary/aromatic N) is 3. The minimum atomic E-state index is 0.405. The summed E-state index contributed by atoms with van der Waals surface area (Å²) in [6.45, 7) is 4.14. The van der Waals surface area contributed by atoms with E-state index in [2.05, 4.69) is 16.2 Å². The number of rotatable bonds is 3. The van der Waals surface area contributed by atoms with Crippen LogP contribution in [0.4, 0.5) is 0 Å². The number of benzene rings is 1. The Balaban J connectivity index is 2.42. The fourth-order valence-electron chi connectivity index (χ4n) is 1.45. The second-order valence-electron chi connectivity index (χ2n) is 3.40. The maximum atomic E-state index is 9.02. The van der Waals surface area contributed by atoms with Gasteiger partial charge in [0.2, 0.25) is 0 Å². The van der Waals surface area contributed by atoms with E-state index in [9.17, 15) is 0 Å². The van der Waals surface area contributed by atoms with Gasteiger partial charge in [-0.2, -0.15) is 10.2 Å². The van der Waals surface area contributed by atoms with E-state index in [1.807, 2.05) is 6.92 Å². The fourth-order valence-corrected chi connectivity index (χ4v) is 1.45. The van der Waals surface area contributed by atoms with Crippen LogP contribution in [0.25, 0.3) is 11.5 Å². The van der Waals surface area contributed by atoms with E-state index >= 15 is 0 Å². The van der Waals surface area contributed by atoms with Gasteiger partial charge < -0.3 is 9.26 Å². The Morgan fingerprint density at radius 1 is 1.47 bits per heavy atom. The minimum absolute atomic E-state index is 0.405. The summed E-state index contributed by atoms with van der Waals surface area (Å²) in [5.41, 5.74) is 1.17. The van der Waals surface area contributed by atoms with Gasteiger partial charge in [0.25, 0.3) is 5.89 Å². The molecule has 0 saturated heterocycles. The molecule has 0 aliphatic heterocycles. The van der Waals surface area contributed by atoms with Crippen molar-refractivity contribution in [2.24, 2.45) is 0 Å². The molecule has 1 heterocycles. The number of aromatic nitrogens is 2. The van der Waals surface area contributed by atoms with Gasteiger partial charge in [-0.15, -0.1) is 0 Å². The monoisotopic (exact) mass is 229 g/mol. The van der Waals surface area contributed by atoms with Crippen LogP contribution in [0.5, 0.6) is 5.75 Å². The first-order valence-electron chi connectivity index (χ1n) is 5.22. The normalized spacial score (nSPS) is 9.94. The van der Waals surface area contributed by atoms with Crippen molar-refractivity contribution in [1.29, 1.82) is 5.26 Å². The first-order chi connectivity index (χ1) is 8.24. The van der Waals surface area contributed by atoms with E-state index in [4.69, 9.17) is 14.5 Å². The Kier molecular flexibility index (Phi) is 3.06. The Morgan fingerprint density at radius 2 is 2.29 bits per heavy atom. The highest BCUT2D eigenvalue weighted by Crippen LogP contribution is 2.25. The van der Waals surface area contributed by atoms with Gasteiger partial charge in [-0.1, -0.05) is 5.16 Å². The summed E-state index contributed by atoms with van der Waals surface area (Å²) < 4.78 is 10.4. The lowest BCUT2D eigenvalue weighted by Gasteiger charge is -2.05. The average Bonchev–Trinajstić information content (AvgIpc) is 2.77. The lowest BCUT2D eigenvalue weighted by Crippen LogP contribution is -1.94. The van der Waals surface area contributed by atoms with Crippen LogP contribution in [0.3, 0.4) is 0 Å². The van der Waals surface area contributed by atoms with Crippen LogP contribution in [0.15, 0.2) is 22.7 Å². The predicted octanol–water partition coefficient (Wildman–Crippen LogP) is 2.32. The van der Waals surface area contributed by atoms with Gasteiger partial charge >= 0.3 is 0 Å². The van der Waals surface area contributed by atoms with Crippen LogP contribution in [-0.4, -0.2) is 16.7 Å². The van der Waals surface area contributed by atoms with Crippen molar-refractivity contribution in [2.75, 3.05) is 6.61 Å². The van der Waals surface area contributed by atoms with Crippen molar-refractivity contribution in [2.45, 2.75) is 13.8 Å². The number of hydrogen-bond acceptors (Lipinski definition) is 5. The molecular weight excluding hydrogens is 218 g/mol. The summed E-state index contributed by atoms with van der Waals surface area (Å²) >= 11 is 0. The highest BCUT2D eigenvalue weighted by Gasteiger charge is 2.10. The summed E-state index contributed by atoms with van der Waals surface area (Å²) in [6, 6.07) is 7.28. The van der Waals surface area contributed by atoms with Gasteiger partial charge in [-0.25, -0.2) is 0 Å². The smallest absolute Gasteiger partial charge is 0.257 e. The minimum Gasteiger partial charge on any atom is -0.492 e. The maximum absolute atomic E-state index is 9.02.